The molecule has 3 amide bonds. The van der Waals surface area contributed by atoms with Crippen molar-refractivity contribution in [1.29, 1.82) is 0 Å². The van der Waals surface area contributed by atoms with Crippen LogP contribution in [0.1, 0.15) is 62.4 Å². The number of ether oxygens (including phenoxy) is 1. The van der Waals surface area contributed by atoms with E-state index >= 15 is 0 Å². The highest BCUT2D eigenvalue weighted by molar-refractivity contribution is 8.01. The van der Waals surface area contributed by atoms with Gasteiger partial charge in [0.25, 0.3) is 0 Å². The topological polar surface area (TPSA) is 109 Å². The number of urea groups is 1. The maximum absolute atomic E-state index is 13.0. The summed E-state index contributed by atoms with van der Waals surface area (Å²) in [5.41, 5.74) is 1.53. The molecule has 0 radical (unpaired) electrons. The number of anilines is 2. The fourth-order valence-electron chi connectivity index (χ4n) is 3.63. The lowest BCUT2D eigenvalue weighted by atomic mass is 9.94. The number of Topliss-reactive ketones (excluding diaryl/α,β-unsaturated/α-hetero) is 1. The van der Waals surface area contributed by atoms with Crippen molar-refractivity contribution >= 4 is 51.8 Å². The predicted octanol–water partition coefficient (Wildman–Crippen LogP) is 6.09. The summed E-state index contributed by atoms with van der Waals surface area (Å²) < 4.78 is 6.11. The molecular formula is C24H32N4O4S2. The van der Waals surface area contributed by atoms with Crippen molar-refractivity contribution in [3.05, 3.63) is 35.5 Å². The smallest absolute Gasteiger partial charge is 0.407 e. The number of carbonyl (C=O) groups is 3. The summed E-state index contributed by atoms with van der Waals surface area (Å²) in [4.78, 5) is 41.5. The number of benzene rings is 1. The number of rotatable bonds is 8. The van der Waals surface area contributed by atoms with E-state index < -0.39 is 17.7 Å². The molecule has 1 aliphatic rings. The van der Waals surface area contributed by atoms with E-state index in [9.17, 15) is 14.4 Å². The average Bonchev–Trinajstić information content (AvgIpc) is 3.43. The lowest BCUT2D eigenvalue weighted by Crippen LogP contribution is -2.33. The zero-order valence-corrected chi connectivity index (χ0v) is 21.7. The quantitative estimate of drug-likeness (QED) is 0.228. The van der Waals surface area contributed by atoms with Gasteiger partial charge < -0.3 is 15.4 Å². The standard InChI is InChI=1S/C24H32N4O4S2/c1-15-9-10-18(17(13-15)20(29)16-7-5-6-8-16)27-21(30)28-22-26-14-19(34-22)33-12-11-25-23(31)32-24(2,3)4/h9-10,13-14,16H,5-8,11-12H2,1-4H3,(H,25,31)(H2,26,27,28,30). The third-order valence-electron chi connectivity index (χ3n) is 5.13. The zero-order chi connectivity index (χ0) is 24.7. The van der Waals surface area contributed by atoms with Crippen LogP contribution in [0.2, 0.25) is 0 Å². The number of carbonyl (C=O) groups excluding carboxylic acids is 3. The van der Waals surface area contributed by atoms with E-state index in [0.717, 1.165) is 35.5 Å². The van der Waals surface area contributed by atoms with Crippen LogP contribution in [0.15, 0.2) is 28.6 Å². The molecule has 10 heteroatoms. The highest BCUT2D eigenvalue weighted by Crippen LogP contribution is 2.31. The molecule has 3 rings (SSSR count). The monoisotopic (exact) mass is 504 g/mol. The van der Waals surface area contributed by atoms with E-state index in [1.807, 2.05) is 39.8 Å². The number of ketones is 1. The molecular weight excluding hydrogens is 472 g/mol. The average molecular weight is 505 g/mol. The van der Waals surface area contributed by atoms with Gasteiger partial charge in [0.1, 0.15) is 5.60 Å². The maximum atomic E-state index is 13.0. The lowest BCUT2D eigenvalue weighted by molar-refractivity contribution is 0.0531. The summed E-state index contributed by atoms with van der Waals surface area (Å²) in [6.07, 6.45) is 5.20. The second-order valence-corrected chi connectivity index (χ2v) is 11.7. The zero-order valence-electron chi connectivity index (χ0n) is 20.0. The second-order valence-electron chi connectivity index (χ2n) is 9.24. The summed E-state index contributed by atoms with van der Waals surface area (Å²) >= 11 is 2.87. The van der Waals surface area contributed by atoms with Crippen LogP contribution in [-0.4, -0.2) is 40.8 Å². The summed E-state index contributed by atoms with van der Waals surface area (Å²) in [6, 6.07) is 5.06. The van der Waals surface area contributed by atoms with E-state index in [2.05, 4.69) is 20.9 Å². The Bertz CT molecular complexity index is 1030. The number of hydrogen-bond acceptors (Lipinski definition) is 7. The molecule has 8 nitrogen and oxygen atoms in total. The van der Waals surface area contributed by atoms with E-state index in [1.54, 1.807) is 12.3 Å². The number of thiazole rings is 1. The molecule has 0 aliphatic heterocycles. The minimum atomic E-state index is -0.529. The maximum Gasteiger partial charge on any atom is 0.407 e. The van der Waals surface area contributed by atoms with Crippen LogP contribution in [0.4, 0.5) is 20.4 Å². The fraction of sp³-hybridized carbons (Fsp3) is 0.500. The molecule has 0 atom stereocenters. The van der Waals surface area contributed by atoms with Crippen LogP contribution in [0.25, 0.3) is 0 Å². The van der Waals surface area contributed by atoms with Gasteiger partial charge in [0.15, 0.2) is 10.9 Å². The number of thioether (sulfide) groups is 1. The normalized spacial score (nSPS) is 14.0. The van der Waals surface area contributed by atoms with Crippen LogP contribution in [0.3, 0.4) is 0 Å². The number of alkyl carbamates (subject to hydrolysis) is 1. The third kappa shape index (κ3) is 8.02. The van der Waals surface area contributed by atoms with Gasteiger partial charge in [0.2, 0.25) is 0 Å². The molecule has 1 heterocycles. The van der Waals surface area contributed by atoms with Gasteiger partial charge in [-0.1, -0.05) is 35.8 Å². The summed E-state index contributed by atoms with van der Waals surface area (Å²) in [5.74, 6) is 0.779. The highest BCUT2D eigenvalue weighted by Gasteiger charge is 2.26. The lowest BCUT2D eigenvalue weighted by Gasteiger charge is -2.19. The molecule has 1 fully saturated rings. The second kappa shape index (κ2) is 11.7. The van der Waals surface area contributed by atoms with Gasteiger partial charge >= 0.3 is 12.1 Å². The van der Waals surface area contributed by atoms with Crippen LogP contribution < -0.4 is 16.0 Å². The Labute approximate surface area is 208 Å². The first kappa shape index (κ1) is 26.0. The number of amides is 3. The van der Waals surface area contributed by atoms with Crippen molar-refractivity contribution in [2.24, 2.45) is 5.92 Å². The molecule has 1 aromatic carbocycles. The Morgan fingerprint density at radius 3 is 2.62 bits per heavy atom. The molecule has 0 saturated heterocycles. The highest BCUT2D eigenvalue weighted by atomic mass is 32.2. The summed E-state index contributed by atoms with van der Waals surface area (Å²) in [6.45, 7) is 7.84. The van der Waals surface area contributed by atoms with Crippen molar-refractivity contribution in [3.8, 4) is 0 Å². The molecule has 1 aliphatic carbocycles. The third-order valence-corrected chi connectivity index (χ3v) is 7.24. The summed E-state index contributed by atoms with van der Waals surface area (Å²) in [7, 11) is 0. The predicted molar refractivity (Wildman–Crippen MR) is 137 cm³/mol. The Kier molecular flexibility index (Phi) is 8.96. The minimum absolute atomic E-state index is 0.0359. The fourth-order valence-corrected chi connectivity index (χ4v) is 5.43. The van der Waals surface area contributed by atoms with Gasteiger partial charge in [0, 0.05) is 23.8 Å². The van der Waals surface area contributed by atoms with Crippen molar-refractivity contribution in [3.63, 3.8) is 0 Å². The van der Waals surface area contributed by atoms with Gasteiger partial charge in [-0.05, 0) is 52.7 Å². The van der Waals surface area contributed by atoms with E-state index in [0.29, 0.717) is 28.7 Å². The molecule has 0 bridgehead atoms. The van der Waals surface area contributed by atoms with Crippen molar-refractivity contribution < 1.29 is 19.1 Å². The Morgan fingerprint density at radius 2 is 1.91 bits per heavy atom. The number of aromatic nitrogens is 1. The number of nitrogens with zero attached hydrogens (tertiary/aromatic N) is 1. The van der Waals surface area contributed by atoms with Gasteiger partial charge in [-0.25, -0.2) is 14.6 Å². The largest absolute Gasteiger partial charge is 0.444 e. The molecule has 3 N–H and O–H groups in total. The molecule has 2 aromatic rings. The first-order chi connectivity index (χ1) is 16.1. The Hall–Kier alpha value is -2.59. The van der Waals surface area contributed by atoms with Gasteiger partial charge in [0.05, 0.1) is 16.1 Å². The molecule has 184 valence electrons. The van der Waals surface area contributed by atoms with Crippen molar-refractivity contribution in [1.82, 2.24) is 10.3 Å². The minimum Gasteiger partial charge on any atom is -0.444 e. The Balaban J connectivity index is 1.50. The number of hydrogen-bond donors (Lipinski definition) is 3. The molecule has 1 aromatic heterocycles. The molecule has 0 unspecified atom stereocenters. The van der Waals surface area contributed by atoms with Crippen LogP contribution in [0.5, 0.6) is 0 Å². The van der Waals surface area contributed by atoms with E-state index in [1.165, 1.54) is 23.1 Å². The molecule has 1 saturated carbocycles. The van der Waals surface area contributed by atoms with Crippen molar-refractivity contribution in [2.45, 2.75) is 63.2 Å². The number of aryl methyl sites for hydroxylation is 1. The summed E-state index contributed by atoms with van der Waals surface area (Å²) in [5, 5.41) is 8.71. The van der Waals surface area contributed by atoms with Crippen LogP contribution in [-0.2, 0) is 4.74 Å². The van der Waals surface area contributed by atoms with Gasteiger partial charge in [-0.2, -0.15) is 0 Å². The van der Waals surface area contributed by atoms with Crippen molar-refractivity contribution in [2.75, 3.05) is 22.9 Å². The van der Waals surface area contributed by atoms with E-state index in [-0.39, 0.29) is 11.7 Å². The van der Waals surface area contributed by atoms with E-state index in [4.69, 9.17) is 4.74 Å². The van der Waals surface area contributed by atoms with Gasteiger partial charge in [-0.3, -0.25) is 10.1 Å². The first-order valence-corrected chi connectivity index (χ1v) is 13.2. The SMILES string of the molecule is Cc1ccc(NC(=O)Nc2ncc(SCCNC(=O)OC(C)(C)C)s2)c(C(=O)C2CCCC2)c1. The molecule has 34 heavy (non-hydrogen) atoms. The van der Waals surface area contributed by atoms with Crippen LogP contribution in [0, 0.1) is 12.8 Å². The Morgan fingerprint density at radius 1 is 1.18 bits per heavy atom. The first-order valence-electron chi connectivity index (χ1n) is 11.4. The van der Waals surface area contributed by atoms with Crippen LogP contribution >= 0.6 is 23.1 Å². The number of nitrogens with one attached hydrogen (secondary N) is 3. The molecule has 0 spiro atoms. The van der Waals surface area contributed by atoms with Gasteiger partial charge in [-0.15, -0.1) is 11.8 Å².